The van der Waals surface area contributed by atoms with Gasteiger partial charge in [0.25, 0.3) is 0 Å². The summed E-state index contributed by atoms with van der Waals surface area (Å²) in [6, 6.07) is 43.1. The molecule has 0 aliphatic rings. The van der Waals surface area contributed by atoms with Gasteiger partial charge in [0.1, 0.15) is 0 Å². The Bertz CT molecular complexity index is 1420. The fourth-order valence-electron chi connectivity index (χ4n) is 4.60. The van der Waals surface area contributed by atoms with E-state index in [1.54, 1.807) is 0 Å². The molecule has 2 nitrogen and oxygen atoms in total. The Morgan fingerprint density at radius 3 is 1.40 bits per heavy atom. The average molecular weight is 455 g/mol. The maximum Gasteiger partial charge on any atom is 0.338 e. The lowest BCUT2D eigenvalue weighted by Gasteiger charge is -2.23. The maximum atomic E-state index is 13.4. The molecule has 0 radical (unpaired) electrons. The number of rotatable bonds is 6. The van der Waals surface area contributed by atoms with Gasteiger partial charge in [-0.2, -0.15) is 0 Å². The Labute approximate surface area is 206 Å². The van der Waals surface area contributed by atoms with E-state index in [1.807, 2.05) is 73.7 Å². The maximum absolute atomic E-state index is 13.4. The molecule has 0 bridgehead atoms. The predicted molar refractivity (Wildman–Crippen MR) is 144 cm³/mol. The van der Waals surface area contributed by atoms with Crippen molar-refractivity contribution in [2.45, 2.75) is 6.92 Å². The summed E-state index contributed by atoms with van der Waals surface area (Å²) in [6.07, 6.45) is 0. The predicted octanol–water partition coefficient (Wildman–Crippen LogP) is 8.53. The molecule has 170 valence electrons. The number of benzene rings is 5. The minimum atomic E-state index is -0.319. The van der Waals surface area contributed by atoms with Crippen LogP contribution >= 0.6 is 0 Å². The van der Waals surface area contributed by atoms with Gasteiger partial charge < -0.3 is 4.74 Å². The Morgan fingerprint density at radius 1 is 0.543 bits per heavy atom. The van der Waals surface area contributed by atoms with Crippen LogP contribution in [0.15, 0.2) is 127 Å². The molecule has 2 heteroatoms. The van der Waals surface area contributed by atoms with Gasteiger partial charge in [0.2, 0.25) is 0 Å². The van der Waals surface area contributed by atoms with Crippen LogP contribution in [0.2, 0.25) is 0 Å². The molecule has 0 N–H and O–H groups in total. The highest BCUT2D eigenvalue weighted by atomic mass is 16.5. The number of hydrogen-bond acceptors (Lipinski definition) is 2. The van der Waals surface area contributed by atoms with Crippen LogP contribution in [0, 0.1) is 0 Å². The molecule has 0 aromatic heterocycles. The van der Waals surface area contributed by atoms with E-state index in [2.05, 4.69) is 60.7 Å². The van der Waals surface area contributed by atoms with Crippen molar-refractivity contribution >= 4 is 5.97 Å². The molecule has 0 spiro atoms. The van der Waals surface area contributed by atoms with Crippen LogP contribution in [0.4, 0.5) is 0 Å². The third-order valence-electron chi connectivity index (χ3n) is 6.09. The van der Waals surface area contributed by atoms with E-state index >= 15 is 0 Å². The summed E-state index contributed by atoms with van der Waals surface area (Å²) >= 11 is 0. The van der Waals surface area contributed by atoms with Crippen LogP contribution in [-0.2, 0) is 4.74 Å². The number of hydrogen-bond donors (Lipinski definition) is 0. The van der Waals surface area contributed by atoms with Crippen LogP contribution in [0.5, 0.6) is 0 Å². The Balaban J connectivity index is 1.99. The molecule has 0 heterocycles. The summed E-state index contributed by atoms with van der Waals surface area (Å²) in [4.78, 5) is 13.4. The van der Waals surface area contributed by atoms with Gasteiger partial charge in [0.15, 0.2) is 0 Å². The van der Waals surface area contributed by atoms with E-state index in [4.69, 9.17) is 4.74 Å². The summed E-state index contributed by atoms with van der Waals surface area (Å²) in [5.74, 6) is -0.319. The van der Waals surface area contributed by atoms with Gasteiger partial charge in [0, 0.05) is 5.56 Å². The molecule has 5 aromatic rings. The fourth-order valence-corrected chi connectivity index (χ4v) is 4.60. The Morgan fingerprint density at radius 2 is 0.943 bits per heavy atom. The zero-order valence-electron chi connectivity index (χ0n) is 19.6. The number of carbonyl (C=O) groups excluding carboxylic acids is 1. The van der Waals surface area contributed by atoms with E-state index in [9.17, 15) is 4.79 Å². The molecule has 0 aliphatic carbocycles. The van der Waals surface area contributed by atoms with E-state index in [0.717, 1.165) is 44.5 Å². The zero-order chi connectivity index (χ0) is 24.0. The van der Waals surface area contributed by atoms with Crippen LogP contribution in [0.25, 0.3) is 44.5 Å². The van der Waals surface area contributed by atoms with Crippen molar-refractivity contribution in [1.82, 2.24) is 0 Å². The average Bonchev–Trinajstić information content (AvgIpc) is 2.94. The van der Waals surface area contributed by atoms with Gasteiger partial charge in [-0.05, 0) is 51.9 Å². The first-order valence-electron chi connectivity index (χ1n) is 11.9. The van der Waals surface area contributed by atoms with Crippen LogP contribution < -0.4 is 0 Å². The second-order valence-corrected chi connectivity index (χ2v) is 8.28. The van der Waals surface area contributed by atoms with Crippen LogP contribution in [-0.4, -0.2) is 12.6 Å². The van der Waals surface area contributed by atoms with Crippen molar-refractivity contribution in [3.8, 4) is 44.5 Å². The first kappa shape index (κ1) is 22.4. The van der Waals surface area contributed by atoms with E-state index in [1.165, 1.54) is 0 Å². The van der Waals surface area contributed by atoms with E-state index < -0.39 is 0 Å². The minimum Gasteiger partial charge on any atom is -0.462 e. The highest BCUT2D eigenvalue weighted by Gasteiger charge is 2.26. The number of carbonyl (C=O) groups is 1. The normalized spacial score (nSPS) is 10.7. The largest absolute Gasteiger partial charge is 0.462 e. The monoisotopic (exact) mass is 454 g/mol. The van der Waals surface area contributed by atoms with Gasteiger partial charge in [-0.3, -0.25) is 0 Å². The zero-order valence-corrected chi connectivity index (χ0v) is 19.6. The molecule has 0 amide bonds. The molecule has 0 atom stereocenters. The molecule has 0 fully saturated rings. The van der Waals surface area contributed by atoms with Gasteiger partial charge in [0.05, 0.1) is 12.2 Å². The van der Waals surface area contributed by atoms with Gasteiger partial charge >= 0.3 is 5.97 Å². The van der Waals surface area contributed by atoms with Gasteiger partial charge in [-0.1, -0.05) is 121 Å². The third-order valence-corrected chi connectivity index (χ3v) is 6.09. The molecule has 0 saturated heterocycles. The van der Waals surface area contributed by atoms with Crippen LogP contribution in [0.1, 0.15) is 17.3 Å². The lowest BCUT2D eigenvalue weighted by atomic mass is 9.80. The third kappa shape index (κ3) is 4.51. The van der Waals surface area contributed by atoms with E-state index in [0.29, 0.717) is 12.2 Å². The standard InChI is InChI=1S/C33H26O2/c1-2-35-33(34)29-23-28(24-15-7-3-8-16-24)30(25-17-9-4-10-18-25)32(27-21-13-6-14-22-27)31(29)26-19-11-5-12-20-26/h3-23H,2H2,1H3. The quantitative estimate of drug-likeness (QED) is 0.240. The van der Waals surface area contributed by atoms with Gasteiger partial charge in [-0.25, -0.2) is 4.79 Å². The topological polar surface area (TPSA) is 26.3 Å². The van der Waals surface area contributed by atoms with Gasteiger partial charge in [-0.15, -0.1) is 0 Å². The van der Waals surface area contributed by atoms with Crippen molar-refractivity contribution in [3.63, 3.8) is 0 Å². The smallest absolute Gasteiger partial charge is 0.338 e. The molecule has 0 unspecified atom stereocenters. The lowest BCUT2D eigenvalue weighted by Crippen LogP contribution is -2.09. The summed E-state index contributed by atoms with van der Waals surface area (Å²) in [5, 5.41) is 0. The molecule has 35 heavy (non-hydrogen) atoms. The summed E-state index contributed by atoms with van der Waals surface area (Å²) in [7, 11) is 0. The van der Waals surface area contributed by atoms with E-state index in [-0.39, 0.29) is 5.97 Å². The first-order chi connectivity index (χ1) is 17.3. The van der Waals surface area contributed by atoms with Crippen molar-refractivity contribution in [2.24, 2.45) is 0 Å². The molecule has 0 saturated carbocycles. The van der Waals surface area contributed by atoms with Crippen molar-refractivity contribution in [1.29, 1.82) is 0 Å². The molecule has 5 aromatic carbocycles. The van der Waals surface area contributed by atoms with Crippen LogP contribution in [0.3, 0.4) is 0 Å². The molecule has 5 rings (SSSR count). The Hall–Kier alpha value is -4.43. The lowest BCUT2D eigenvalue weighted by molar-refractivity contribution is 0.0527. The highest BCUT2D eigenvalue weighted by molar-refractivity contribution is 6.10. The van der Waals surface area contributed by atoms with Crippen molar-refractivity contribution < 1.29 is 9.53 Å². The van der Waals surface area contributed by atoms with Crippen molar-refractivity contribution in [2.75, 3.05) is 6.61 Å². The molecular weight excluding hydrogens is 428 g/mol. The molecule has 0 aliphatic heterocycles. The summed E-state index contributed by atoms with van der Waals surface area (Å²) in [5.41, 5.74) is 8.73. The number of esters is 1. The highest BCUT2D eigenvalue weighted by Crippen LogP contribution is 2.47. The summed E-state index contributed by atoms with van der Waals surface area (Å²) < 4.78 is 5.58. The second kappa shape index (κ2) is 10.2. The minimum absolute atomic E-state index is 0.314. The first-order valence-corrected chi connectivity index (χ1v) is 11.9. The molecular formula is C33H26O2. The number of ether oxygens (including phenoxy) is 1. The second-order valence-electron chi connectivity index (χ2n) is 8.28. The Kier molecular flexibility index (Phi) is 6.54. The SMILES string of the molecule is CCOC(=O)c1cc(-c2ccccc2)c(-c2ccccc2)c(-c2ccccc2)c1-c1ccccc1. The summed E-state index contributed by atoms with van der Waals surface area (Å²) in [6.45, 7) is 2.16. The van der Waals surface area contributed by atoms with Crippen molar-refractivity contribution in [3.05, 3.63) is 133 Å². The fraction of sp³-hybridized carbons (Fsp3) is 0.0606.